The van der Waals surface area contributed by atoms with Gasteiger partial charge in [0.05, 0.1) is 13.7 Å². The Kier molecular flexibility index (Phi) is 6.87. The highest BCUT2D eigenvalue weighted by Gasteiger charge is 2.16. The molecule has 0 saturated heterocycles. The second-order valence-corrected chi connectivity index (χ2v) is 4.72. The fourth-order valence-corrected chi connectivity index (χ4v) is 1.91. The second kappa shape index (κ2) is 8.43. The molecule has 0 bridgehead atoms. The van der Waals surface area contributed by atoms with Crippen molar-refractivity contribution in [1.82, 2.24) is 10.2 Å². The molecule has 1 amide bonds. The number of carbonyl (C=O) groups excluding carboxylic acids is 1. The smallest absolute Gasteiger partial charge is 0.226 e. The maximum atomic E-state index is 12.0. The highest BCUT2D eigenvalue weighted by molar-refractivity contribution is 5.78. The predicted octanol–water partition coefficient (Wildman–Crippen LogP) is 1.39. The van der Waals surface area contributed by atoms with Crippen molar-refractivity contribution < 1.29 is 14.3 Å². The van der Waals surface area contributed by atoms with E-state index in [0.29, 0.717) is 31.2 Å². The molecule has 0 spiro atoms. The first-order chi connectivity index (χ1) is 9.60. The van der Waals surface area contributed by atoms with Crippen LogP contribution in [0, 0.1) is 5.92 Å². The van der Waals surface area contributed by atoms with Gasteiger partial charge in [-0.05, 0) is 19.2 Å². The Morgan fingerprint density at radius 1 is 1.35 bits per heavy atom. The van der Waals surface area contributed by atoms with Gasteiger partial charge in [-0.3, -0.25) is 4.79 Å². The third-order valence-electron chi connectivity index (χ3n) is 3.06. The van der Waals surface area contributed by atoms with Crippen LogP contribution in [-0.2, 0) is 4.79 Å². The van der Waals surface area contributed by atoms with Crippen molar-refractivity contribution in [2.75, 3.05) is 40.9 Å². The number of rotatable bonds is 8. The normalized spacial score (nSPS) is 11.8. The molecule has 0 fully saturated rings. The molecule has 1 rings (SSSR count). The second-order valence-electron chi connectivity index (χ2n) is 4.72. The number of hydrogen-bond donors (Lipinski definition) is 1. The largest absolute Gasteiger partial charge is 0.493 e. The third-order valence-corrected chi connectivity index (χ3v) is 3.06. The number of carbonyl (C=O) groups is 1. The Bertz CT molecular complexity index is 423. The molecule has 1 aromatic carbocycles. The number of likely N-dealkylation sites (N-methyl/N-ethyl adjacent to an activating group) is 1. The lowest BCUT2D eigenvalue weighted by Gasteiger charge is -2.21. The lowest BCUT2D eigenvalue weighted by atomic mass is 10.1. The number of amides is 1. The van der Waals surface area contributed by atoms with Crippen LogP contribution in [0.25, 0.3) is 0 Å². The Balaban J connectivity index is 2.42. The number of benzene rings is 1. The lowest BCUT2D eigenvalue weighted by Crippen LogP contribution is -2.38. The van der Waals surface area contributed by atoms with Gasteiger partial charge in [0, 0.05) is 19.5 Å². The fourth-order valence-electron chi connectivity index (χ4n) is 1.91. The van der Waals surface area contributed by atoms with Gasteiger partial charge in [0.1, 0.15) is 6.61 Å². The van der Waals surface area contributed by atoms with Crippen molar-refractivity contribution in [1.29, 1.82) is 0 Å². The summed E-state index contributed by atoms with van der Waals surface area (Å²) in [7, 11) is 5.24. The number of hydrogen-bond acceptors (Lipinski definition) is 4. The van der Waals surface area contributed by atoms with Crippen molar-refractivity contribution in [2.24, 2.45) is 5.92 Å². The molecule has 0 aliphatic carbocycles. The first-order valence-corrected chi connectivity index (χ1v) is 6.75. The molecule has 5 heteroatoms. The van der Waals surface area contributed by atoms with Gasteiger partial charge in [-0.2, -0.15) is 0 Å². The van der Waals surface area contributed by atoms with Gasteiger partial charge in [0.25, 0.3) is 0 Å². The summed E-state index contributed by atoms with van der Waals surface area (Å²) in [5.74, 6) is 1.48. The quantitative estimate of drug-likeness (QED) is 0.782. The van der Waals surface area contributed by atoms with E-state index in [-0.39, 0.29) is 11.8 Å². The summed E-state index contributed by atoms with van der Waals surface area (Å²) >= 11 is 0. The van der Waals surface area contributed by atoms with Crippen LogP contribution in [0.1, 0.15) is 6.92 Å². The molecule has 1 aromatic rings. The molecule has 5 nitrogen and oxygen atoms in total. The van der Waals surface area contributed by atoms with Gasteiger partial charge < -0.3 is 19.7 Å². The van der Waals surface area contributed by atoms with E-state index in [1.54, 1.807) is 19.1 Å². The van der Waals surface area contributed by atoms with Crippen LogP contribution in [-0.4, -0.2) is 51.7 Å². The Hall–Kier alpha value is -1.75. The monoisotopic (exact) mass is 280 g/mol. The first-order valence-electron chi connectivity index (χ1n) is 6.75. The summed E-state index contributed by atoms with van der Waals surface area (Å²) < 4.78 is 10.9. The minimum Gasteiger partial charge on any atom is -0.493 e. The van der Waals surface area contributed by atoms with Gasteiger partial charge in [-0.1, -0.05) is 19.1 Å². The highest BCUT2D eigenvalue weighted by Crippen LogP contribution is 2.25. The highest BCUT2D eigenvalue weighted by atomic mass is 16.5. The zero-order valence-electron chi connectivity index (χ0n) is 12.7. The van der Waals surface area contributed by atoms with E-state index in [9.17, 15) is 4.79 Å². The molecule has 0 heterocycles. The van der Waals surface area contributed by atoms with Gasteiger partial charge in [-0.25, -0.2) is 0 Å². The topological polar surface area (TPSA) is 50.8 Å². The van der Waals surface area contributed by atoms with Crippen LogP contribution in [0.3, 0.4) is 0 Å². The van der Waals surface area contributed by atoms with Gasteiger partial charge in [-0.15, -0.1) is 0 Å². The summed E-state index contributed by atoms with van der Waals surface area (Å²) in [5, 5.41) is 3.00. The van der Waals surface area contributed by atoms with E-state index in [2.05, 4.69) is 5.32 Å². The van der Waals surface area contributed by atoms with Crippen LogP contribution in [0.4, 0.5) is 0 Å². The summed E-state index contributed by atoms with van der Waals surface area (Å²) in [6, 6.07) is 7.48. The number of nitrogens with one attached hydrogen (secondary N) is 1. The molecule has 0 radical (unpaired) electrons. The summed E-state index contributed by atoms with van der Waals surface area (Å²) in [6.07, 6.45) is 0. The Labute approximate surface area is 120 Å². The van der Waals surface area contributed by atoms with Crippen molar-refractivity contribution in [3.63, 3.8) is 0 Å². The van der Waals surface area contributed by atoms with Crippen LogP contribution in [0.15, 0.2) is 24.3 Å². The number of para-hydroxylation sites is 2. The average molecular weight is 280 g/mol. The van der Waals surface area contributed by atoms with Crippen molar-refractivity contribution in [3.05, 3.63) is 24.3 Å². The van der Waals surface area contributed by atoms with E-state index in [1.165, 1.54) is 0 Å². The van der Waals surface area contributed by atoms with E-state index in [4.69, 9.17) is 9.47 Å². The molecule has 20 heavy (non-hydrogen) atoms. The SMILES string of the molecule is CNCC(C)C(=O)N(C)CCOc1ccccc1OC. The summed E-state index contributed by atoms with van der Waals surface area (Å²) in [6.45, 7) is 3.58. The summed E-state index contributed by atoms with van der Waals surface area (Å²) in [5.41, 5.74) is 0. The molecular formula is C15H24N2O3. The van der Waals surface area contributed by atoms with Crippen molar-refractivity contribution in [2.45, 2.75) is 6.92 Å². The van der Waals surface area contributed by atoms with E-state index in [0.717, 1.165) is 0 Å². The number of nitrogens with zero attached hydrogens (tertiary/aromatic N) is 1. The third kappa shape index (κ3) is 4.74. The molecule has 0 saturated carbocycles. The fraction of sp³-hybridized carbons (Fsp3) is 0.533. The van der Waals surface area contributed by atoms with Crippen LogP contribution in [0.2, 0.25) is 0 Å². The number of methoxy groups -OCH3 is 1. The van der Waals surface area contributed by atoms with Crippen LogP contribution < -0.4 is 14.8 Å². The first kappa shape index (κ1) is 16.3. The minimum absolute atomic E-state index is 0.0312. The number of ether oxygens (including phenoxy) is 2. The van der Waals surface area contributed by atoms with E-state index >= 15 is 0 Å². The maximum Gasteiger partial charge on any atom is 0.226 e. The molecular weight excluding hydrogens is 256 g/mol. The predicted molar refractivity (Wildman–Crippen MR) is 79.2 cm³/mol. The zero-order valence-corrected chi connectivity index (χ0v) is 12.7. The Morgan fingerprint density at radius 3 is 2.60 bits per heavy atom. The molecule has 1 unspecified atom stereocenters. The molecule has 1 atom stereocenters. The van der Waals surface area contributed by atoms with E-state index < -0.39 is 0 Å². The average Bonchev–Trinajstić information content (AvgIpc) is 2.47. The molecule has 0 aliphatic heterocycles. The maximum absolute atomic E-state index is 12.0. The van der Waals surface area contributed by atoms with Crippen molar-refractivity contribution >= 4 is 5.91 Å². The molecule has 0 aromatic heterocycles. The molecule has 1 N–H and O–H groups in total. The zero-order chi connectivity index (χ0) is 15.0. The van der Waals surface area contributed by atoms with Crippen LogP contribution in [0.5, 0.6) is 11.5 Å². The lowest BCUT2D eigenvalue weighted by molar-refractivity contribution is -0.133. The standard InChI is InChI=1S/C15H24N2O3/c1-12(11-16-2)15(18)17(3)9-10-20-14-8-6-5-7-13(14)19-4/h5-8,12,16H,9-11H2,1-4H3. The molecule has 0 aliphatic rings. The molecule has 112 valence electrons. The minimum atomic E-state index is -0.0312. The Morgan fingerprint density at radius 2 is 2.00 bits per heavy atom. The van der Waals surface area contributed by atoms with Crippen LogP contribution >= 0.6 is 0 Å². The summed E-state index contributed by atoms with van der Waals surface area (Å²) in [4.78, 5) is 13.7. The van der Waals surface area contributed by atoms with Gasteiger partial charge in [0.2, 0.25) is 5.91 Å². The van der Waals surface area contributed by atoms with E-state index in [1.807, 2.05) is 38.2 Å². The van der Waals surface area contributed by atoms with Gasteiger partial charge >= 0.3 is 0 Å². The van der Waals surface area contributed by atoms with Gasteiger partial charge in [0.15, 0.2) is 11.5 Å². The van der Waals surface area contributed by atoms with Crippen molar-refractivity contribution in [3.8, 4) is 11.5 Å².